The second-order valence-corrected chi connectivity index (χ2v) is 6.43. The van der Waals surface area contributed by atoms with Gasteiger partial charge >= 0.3 is 0 Å². The molecule has 5 nitrogen and oxygen atoms in total. The fourth-order valence-electron chi connectivity index (χ4n) is 3.65. The molecule has 0 N–H and O–H groups in total. The lowest BCUT2D eigenvalue weighted by atomic mass is 9.89. The molecule has 0 radical (unpaired) electrons. The maximum absolute atomic E-state index is 5.47. The summed E-state index contributed by atoms with van der Waals surface area (Å²) in [6.45, 7) is 10.7. The molecule has 0 unspecified atom stereocenters. The zero-order valence-corrected chi connectivity index (χ0v) is 13.9. The molecular formula is C17H28N4O. The predicted molar refractivity (Wildman–Crippen MR) is 88.2 cm³/mol. The first-order chi connectivity index (χ1) is 10.8. The van der Waals surface area contributed by atoms with Gasteiger partial charge in [-0.3, -0.25) is 4.90 Å². The molecule has 2 fully saturated rings. The summed E-state index contributed by atoms with van der Waals surface area (Å²) in [4.78, 5) is 13.8. The first-order valence-electron chi connectivity index (χ1n) is 8.65. The number of aryl methyl sites for hydroxylation is 1. The molecule has 3 heterocycles. The van der Waals surface area contributed by atoms with Gasteiger partial charge in [-0.1, -0.05) is 6.92 Å². The highest BCUT2D eigenvalue weighted by Crippen LogP contribution is 2.27. The van der Waals surface area contributed by atoms with E-state index in [-0.39, 0.29) is 0 Å². The Morgan fingerprint density at radius 3 is 2.59 bits per heavy atom. The fraction of sp³-hybridized carbons (Fsp3) is 0.765. The summed E-state index contributed by atoms with van der Waals surface area (Å²) in [5.74, 6) is 1.89. The van der Waals surface area contributed by atoms with Crippen LogP contribution in [-0.2, 0) is 11.2 Å². The van der Waals surface area contributed by atoms with Crippen LogP contribution >= 0.6 is 0 Å². The molecule has 1 aromatic rings. The van der Waals surface area contributed by atoms with Gasteiger partial charge in [0.2, 0.25) is 0 Å². The summed E-state index contributed by atoms with van der Waals surface area (Å²) in [6, 6.07) is 2.81. The van der Waals surface area contributed by atoms with Crippen LogP contribution in [0, 0.1) is 5.92 Å². The highest BCUT2D eigenvalue weighted by molar-refractivity contribution is 5.39. The lowest BCUT2D eigenvalue weighted by molar-refractivity contribution is 0.00448. The van der Waals surface area contributed by atoms with Gasteiger partial charge in [-0.15, -0.1) is 0 Å². The second kappa shape index (κ2) is 7.38. The van der Waals surface area contributed by atoms with Gasteiger partial charge < -0.3 is 9.64 Å². The third kappa shape index (κ3) is 3.58. The Morgan fingerprint density at radius 1 is 1.18 bits per heavy atom. The molecule has 5 heteroatoms. The van der Waals surface area contributed by atoms with Gasteiger partial charge in [0.25, 0.3) is 0 Å². The molecule has 0 bridgehead atoms. The molecule has 22 heavy (non-hydrogen) atoms. The van der Waals surface area contributed by atoms with Crippen molar-refractivity contribution in [3.8, 4) is 0 Å². The average molecular weight is 304 g/mol. The number of hydrogen-bond acceptors (Lipinski definition) is 5. The van der Waals surface area contributed by atoms with E-state index in [2.05, 4.69) is 39.7 Å². The van der Waals surface area contributed by atoms with E-state index in [1.165, 1.54) is 12.8 Å². The molecule has 2 aliphatic rings. The van der Waals surface area contributed by atoms with E-state index in [0.717, 1.165) is 63.2 Å². The summed E-state index contributed by atoms with van der Waals surface area (Å²) in [7, 11) is 0. The zero-order chi connectivity index (χ0) is 15.4. The van der Waals surface area contributed by atoms with Crippen LogP contribution < -0.4 is 4.90 Å². The van der Waals surface area contributed by atoms with E-state index in [0.29, 0.717) is 6.04 Å². The Bertz CT molecular complexity index is 467. The van der Waals surface area contributed by atoms with Gasteiger partial charge in [0.1, 0.15) is 12.1 Å². The monoisotopic (exact) mass is 304 g/mol. The van der Waals surface area contributed by atoms with Gasteiger partial charge in [-0.2, -0.15) is 0 Å². The van der Waals surface area contributed by atoms with E-state index in [1.54, 1.807) is 6.33 Å². The van der Waals surface area contributed by atoms with Crippen LogP contribution in [0.25, 0.3) is 0 Å². The standard InChI is InChI=1S/C17H28N4O/c1-3-16-12-17(19-13-18-16)21-6-4-15(5-7-21)14(2)20-8-10-22-11-9-20/h12-15H,3-11H2,1-2H3/t14-/m0/s1. The van der Waals surface area contributed by atoms with Crippen molar-refractivity contribution in [1.29, 1.82) is 0 Å². The van der Waals surface area contributed by atoms with Crippen LogP contribution in [0.4, 0.5) is 5.82 Å². The quantitative estimate of drug-likeness (QED) is 0.851. The number of nitrogens with zero attached hydrogens (tertiary/aromatic N) is 4. The van der Waals surface area contributed by atoms with Crippen molar-refractivity contribution >= 4 is 5.82 Å². The van der Waals surface area contributed by atoms with E-state index >= 15 is 0 Å². The van der Waals surface area contributed by atoms with Crippen molar-refractivity contribution in [2.75, 3.05) is 44.3 Å². The molecule has 1 atom stereocenters. The first-order valence-corrected chi connectivity index (χ1v) is 8.65. The zero-order valence-electron chi connectivity index (χ0n) is 13.9. The molecule has 2 saturated heterocycles. The Morgan fingerprint density at radius 2 is 1.91 bits per heavy atom. The highest BCUT2D eigenvalue weighted by atomic mass is 16.5. The van der Waals surface area contributed by atoms with Gasteiger partial charge in [-0.05, 0) is 32.1 Å². The largest absolute Gasteiger partial charge is 0.379 e. The summed E-state index contributed by atoms with van der Waals surface area (Å²) >= 11 is 0. The van der Waals surface area contributed by atoms with E-state index < -0.39 is 0 Å². The van der Waals surface area contributed by atoms with Crippen LogP contribution in [0.15, 0.2) is 12.4 Å². The van der Waals surface area contributed by atoms with Crippen LogP contribution in [0.2, 0.25) is 0 Å². The van der Waals surface area contributed by atoms with Gasteiger partial charge in [0.05, 0.1) is 13.2 Å². The number of hydrogen-bond donors (Lipinski definition) is 0. The summed E-state index contributed by atoms with van der Waals surface area (Å²) in [5.41, 5.74) is 1.13. The molecule has 0 aromatic carbocycles. The molecule has 0 aliphatic carbocycles. The SMILES string of the molecule is CCc1cc(N2CCC([C@H](C)N3CCOCC3)CC2)ncn1. The number of morpholine rings is 1. The smallest absolute Gasteiger partial charge is 0.132 e. The lowest BCUT2D eigenvalue weighted by Gasteiger charge is -2.41. The van der Waals surface area contributed by atoms with Crippen molar-refractivity contribution in [1.82, 2.24) is 14.9 Å². The van der Waals surface area contributed by atoms with Gasteiger partial charge in [0, 0.05) is 44.0 Å². The van der Waals surface area contributed by atoms with E-state index in [4.69, 9.17) is 4.74 Å². The van der Waals surface area contributed by atoms with Crippen molar-refractivity contribution < 1.29 is 4.74 Å². The molecular weight excluding hydrogens is 276 g/mol. The maximum atomic E-state index is 5.47. The van der Waals surface area contributed by atoms with Crippen LogP contribution in [0.1, 0.15) is 32.4 Å². The van der Waals surface area contributed by atoms with E-state index in [1.807, 2.05) is 0 Å². The third-order valence-electron chi connectivity index (χ3n) is 5.24. The highest BCUT2D eigenvalue weighted by Gasteiger charge is 2.28. The Kier molecular flexibility index (Phi) is 5.26. The molecule has 2 aliphatic heterocycles. The van der Waals surface area contributed by atoms with Crippen molar-refractivity contribution in [2.45, 2.75) is 39.2 Å². The van der Waals surface area contributed by atoms with Crippen molar-refractivity contribution in [3.63, 3.8) is 0 Å². The minimum absolute atomic E-state index is 0.669. The summed E-state index contributed by atoms with van der Waals surface area (Å²) < 4.78 is 5.47. The van der Waals surface area contributed by atoms with Gasteiger partial charge in [-0.25, -0.2) is 9.97 Å². The average Bonchev–Trinajstić information content (AvgIpc) is 2.62. The minimum atomic E-state index is 0.669. The van der Waals surface area contributed by atoms with Crippen LogP contribution in [-0.4, -0.2) is 60.3 Å². The van der Waals surface area contributed by atoms with Crippen molar-refractivity contribution in [3.05, 3.63) is 18.1 Å². The second-order valence-electron chi connectivity index (χ2n) is 6.43. The minimum Gasteiger partial charge on any atom is -0.379 e. The van der Waals surface area contributed by atoms with Crippen LogP contribution in [0.5, 0.6) is 0 Å². The topological polar surface area (TPSA) is 41.5 Å². The van der Waals surface area contributed by atoms with E-state index in [9.17, 15) is 0 Å². The Labute approximate surface area is 133 Å². The summed E-state index contributed by atoms with van der Waals surface area (Å²) in [5, 5.41) is 0. The maximum Gasteiger partial charge on any atom is 0.132 e. The molecule has 0 saturated carbocycles. The lowest BCUT2D eigenvalue weighted by Crippen LogP contribution is -2.48. The van der Waals surface area contributed by atoms with Gasteiger partial charge in [0.15, 0.2) is 0 Å². The summed E-state index contributed by atoms with van der Waals surface area (Å²) in [6.07, 6.45) is 5.19. The normalized spacial score (nSPS) is 22.7. The molecule has 0 spiro atoms. The molecule has 1 aromatic heterocycles. The third-order valence-corrected chi connectivity index (χ3v) is 5.24. The number of rotatable bonds is 4. The Balaban J connectivity index is 1.55. The number of aromatic nitrogens is 2. The molecule has 3 rings (SSSR count). The van der Waals surface area contributed by atoms with Crippen molar-refractivity contribution in [2.24, 2.45) is 5.92 Å². The van der Waals surface area contributed by atoms with Crippen LogP contribution in [0.3, 0.4) is 0 Å². The number of anilines is 1. The number of piperidine rings is 1. The predicted octanol–water partition coefficient (Wildman–Crippen LogP) is 1.98. The first kappa shape index (κ1) is 15.7. The number of ether oxygens (including phenoxy) is 1. The fourth-order valence-corrected chi connectivity index (χ4v) is 3.65. The molecule has 122 valence electrons. The Hall–Kier alpha value is -1.20. The molecule has 0 amide bonds.